The third-order valence-corrected chi connectivity index (χ3v) is 5.58. The average molecular weight is 444 g/mol. The number of carbonyl (C=O) groups is 1. The summed E-state index contributed by atoms with van der Waals surface area (Å²) in [6, 6.07) is 5.23. The van der Waals surface area contributed by atoms with Crippen molar-refractivity contribution in [1.82, 2.24) is 19.9 Å². The van der Waals surface area contributed by atoms with Crippen LogP contribution in [0.1, 0.15) is 36.3 Å². The lowest BCUT2D eigenvalue weighted by Crippen LogP contribution is -2.46. The molecule has 10 heteroatoms. The van der Waals surface area contributed by atoms with Crippen LogP contribution in [0, 0.1) is 12.7 Å². The number of nitrogens with zero attached hydrogens (tertiary/aromatic N) is 5. The summed E-state index contributed by atoms with van der Waals surface area (Å²) in [4.78, 5) is 28.1. The number of halogens is 3. The molecule has 1 aromatic carbocycles. The van der Waals surface area contributed by atoms with Gasteiger partial charge in [0.1, 0.15) is 23.3 Å². The maximum Gasteiger partial charge on any atom is 0.266 e. The minimum absolute atomic E-state index is 0.131. The second kappa shape index (κ2) is 8.97. The third kappa shape index (κ3) is 4.30. The number of alkyl halides is 2. The van der Waals surface area contributed by atoms with Gasteiger partial charge >= 0.3 is 0 Å². The van der Waals surface area contributed by atoms with Crippen molar-refractivity contribution in [2.24, 2.45) is 0 Å². The van der Waals surface area contributed by atoms with Crippen LogP contribution < -0.4 is 10.2 Å². The quantitative estimate of drug-likeness (QED) is 0.582. The van der Waals surface area contributed by atoms with E-state index in [4.69, 9.17) is 0 Å². The summed E-state index contributed by atoms with van der Waals surface area (Å²) < 4.78 is 40.9. The molecule has 168 valence electrons. The maximum absolute atomic E-state index is 14.6. The molecule has 0 aliphatic carbocycles. The molecule has 1 N–H and O–H groups in total. The molecule has 3 heterocycles. The highest BCUT2D eigenvalue weighted by molar-refractivity contribution is 5.90. The Kier molecular flexibility index (Phi) is 6.11. The van der Waals surface area contributed by atoms with E-state index in [0.29, 0.717) is 48.7 Å². The van der Waals surface area contributed by atoms with E-state index in [0.717, 1.165) is 18.3 Å². The molecule has 0 bridgehead atoms. The molecule has 0 spiro atoms. The van der Waals surface area contributed by atoms with E-state index in [-0.39, 0.29) is 5.56 Å². The summed E-state index contributed by atoms with van der Waals surface area (Å²) in [5.41, 5.74) is 0.122. The number of benzene rings is 1. The normalized spacial score (nSPS) is 15.3. The minimum atomic E-state index is -2.89. The average Bonchev–Trinajstić information content (AvgIpc) is 2.78. The molecular weight excluding hydrogens is 421 g/mol. The van der Waals surface area contributed by atoms with Crippen LogP contribution in [0.25, 0.3) is 10.9 Å². The highest BCUT2D eigenvalue weighted by Crippen LogP contribution is 2.31. The lowest BCUT2D eigenvalue weighted by Gasteiger charge is -2.33. The number of aryl methyl sites for hydroxylation is 1. The molecule has 1 atom stereocenters. The summed E-state index contributed by atoms with van der Waals surface area (Å²) in [7, 11) is 0. The molecule has 1 fully saturated rings. The molecule has 1 aliphatic rings. The van der Waals surface area contributed by atoms with Crippen molar-refractivity contribution in [1.29, 1.82) is 0 Å². The summed E-state index contributed by atoms with van der Waals surface area (Å²) in [5, 5.41) is 3.85. The number of anilines is 2. The maximum atomic E-state index is 14.6. The van der Waals surface area contributed by atoms with Gasteiger partial charge in [-0.25, -0.2) is 28.1 Å². The predicted molar refractivity (Wildman–Crippen MR) is 115 cm³/mol. The molecule has 4 rings (SSSR count). The zero-order valence-corrected chi connectivity index (χ0v) is 17.7. The van der Waals surface area contributed by atoms with Gasteiger partial charge in [-0.1, -0.05) is 18.2 Å². The number of pyridine rings is 1. The van der Waals surface area contributed by atoms with Gasteiger partial charge in [0.2, 0.25) is 6.41 Å². The Balaban J connectivity index is 1.66. The number of piperazine rings is 1. The summed E-state index contributed by atoms with van der Waals surface area (Å²) in [6.45, 7) is 5.94. The number of carbonyl (C=O) groups excluding carboxylic acids is 1. The van der Waals surface area contributed by atoms with Gasteiger partial charge in [-0.2, -0.15) is 0 Å². The molecule has 1 aliphatic heterocycles. The van der Waals surface area contributed by atoms with Crippen molar-refractivity contribution >= 4 is 28.9 Å². The van der Waals surface area contributed by atoms with Gasteiger partial charge in [-0.15, -0.1) is 0 Å². The number of nitrogens with one attached hydrogen (secondary N) is 1. The van der Waals surface area contributed by atoms with Crippen molar-refractivity contribution in [3.8, 4) is 0 Å². The van der Waals surface area contributed by atoms with Gasteiger partial charge in [0.05, 0.1) is 23.3 Å². The highest BCUT2D eigenvalue weighted by Gasteiger charge is 2.21. The van der Waals surface area contributed by atoms with Gasteiger partial charge in [-0.05, 0) is 19.9 Å². The van der Waals surface area contributed by atoms with Crippen LogP contribution in [0.3, 0.4) is 0 Å². The first-order valence-electron chi connectivity index (χ1n) is 10.3. The van der Waals surface area contributed by atoms with E-state index in [2.05, 4.69) is 25.2 Å². The van der Waals surface area contributed by atoms with Crippen LogP contribution in [0.4, 0.5) is 24.8 Å². The smallest absolute Gasteiger partial charge is 0.266 e. The molecule has 0 saturated carbocycles. The Bertz CT molecular complexity index is 1130. The minimum Gasteiger partial charge on any atom is -0.363 e. The van der Waals surface area contributed by atoms with Crippen LogP contribution >= 0.6 is 0 Å². The molecule has 0 radical (unpaired) electrons. The molecule has 1 amide bonds. The number of amides is 1. The third-order valence-electron chi connectivity index (χ3n) is 5.58. The first kappa shape index (κ1) is 21.8. The van der Waals surface area contributed by atoms with Gasteiger partial charge in [0.25, 0.3) is 6.43 Å². The molecule has 1 unspecified atom stereocenters. The molecule has 1 saturated heterocycles. The first-order chi connectivity index (χ1) is 15.4. The largest absolute Gasteiger partial charge is 0.363 e. The van der Waals surface area contributed by atoms with Crippen LogP contribution in [0.2, 0.25) is 0 Å². The monoisotopic (exact) mass is 444 g/mol. The van der Waals surface area contributed by atoms with Gasteiger partial charge in [-0.3, -0.25) is 4.79 Å². The van der Waals surface area contributed by atoms with Gasteiger partial charge in [0, 0.05) is 37.1 Å². The van der Waals surface area contributed by atoms with Crippen molar-refractivity contribution in [3.63, 3.8) is 0 Å². The first-order valence-corrected chi connectivity index (χ1v) is 10.3. The van der Waals surface area contributed by atoms with E-state index in [1.807, 2.05) is 6.07 Å². The Morgan fingerprint density at radius 1 is 1.12 bits per heavy atom. The van der Waals surface area contributed by atoms with Gasteiger partial charge in [0.15, 0.2) is 0 Å². The standard InChI is InChI=1S/C22H23F3N6O/c1-13(15-4-3-5-16(20(15)23)21(24)25)27-22-17-10-19(26-11-18(17)28-14(2)29-22)31-8-6-30(12-32)7-9-31/h3-5,10-13,21H,6-9H2,1-2H3,(H,27,28,29). The van der Waals surface area contributed by atoms with E-state index < -0.39 is 23.8 Å². The zero-order chi connectivity index (χ0) is 22.8. The second-order valence-corrected chi connectivity index (χ2v) is 7.72. The van der Waals surface area contributed by atoms with Crippen LogP contribution in [0.15, 0.2) is 30.5 Å². The predicted octanol–water partition coefficient (Wildman–Crippen LogP) is 3.86. The van der Waals surface area contributed by atoms with Crippen molar-refractivity contribution in [3.05, 3.63) is 53.2 Å². The lowest BCUT2D eigenvalue weighted by atomic mass is 10.0. The van der Waals surface area contributed by atoms with E-state index in [9.17, 15) is 18.0 Å². The number of fused-ring (bicyclic) bond motifs is 1. The number of hydrogen-bond donors (Lipinski definition) is 1. The fourth-order valence-corrected chi connectivity index (χ4v) is 3.83. The molecular formula is C22H23F3N6O. The van der Waals surface area contributed by atoms with Crippen LogP contribution in [-0.4, -0.2) is 52.4 Å². The molecule has 7 nitrogen and oxygen atoms in total. The Labute approximate surface area is 183 Å². The second-order valence-electron chi connectivity index (χ2n) is 7.72. The number of aromatic nitrogens is 3. The SMILES string of the molecule is Cc1nc(NC(C)c2cccc(C(F)F)c2F)c2cc(N3CCN(C=O)CC3)ncc2n1. The van der Waals surface area contributed by atoms with Crippen molar-refractivity contribution in [2.75, 3.05) is 36.4 Å². The van der Waals surface area contributed by atoms with E-state index in [1.54, 1.807) is 24.9 Å². The van der Waals surface area contributed by atoms with Gasteiger partial charge < -0.3 is 15.1 Å². The topological polar surface area (TPSA) is 74.2 Å². The molecule has 2 aromatic heterocycles. The number of rotatable bonds is 6. The zero-order valence-electron chi connectivity index (χ0n) is 17.7. The van der Waals surface area contributed by atoms with Crippen LogP contribution in [0.5, 0.6) is 0 Å². The summed E-state index contributed by atoms with van der Waals surface area (Å²) >= 11 is 0. The fourth-order valence-electron chi connectivity index (χ4n) is 3.83. The Morgan fingerprint density at radius 2 is 1.84 bits per heavy atom. The molecule has 32 heavy (non-hydrogen) atoms. The Hall–Kier alpha value is -3.43. The highest BCUT2D eigenvalue weighted by atomic mass is 19.3. The fraction of sp³-hybridized carbons (Fsp3) is 0.364. The van der Waals surface area contributed by atoms with Crippen LogP contribution in [-0.2, 0) is 4.79 Å². The summed E-state index contributed by atoms with van der Waals surface area (Å²) in [6.07, 6.45) is -0.398. The lowest BCUT2D eigenvalue weighted by molar-refractivity contribution is -0.118. The number of hydrogen-bond acceptors (Lipinski definition) is 6. The van der Waals surface area contributed by atoms with E-state index in [1.165, 1.54) is 12.1 Å². The van der Waals surface area contributed by atoms with E-state index >= 15 is 0 Å². The Morgan fingerprint density at radius 3 is 2.53 bits per heavy atom. The molecule has 3 aromatic rings. The van der Waals surface area contributed by atoms with Crippen molar-refractivity contribution in [2.45, 2.75) is 26.3 Å². The van der Waals surface area contributed by atoms with Crippen molar-refractivity contribution < 1.29 is 18.0 Å². The summed E-state index contributed by atoms with van der Waals surface area (Å²) in [5.74, 6) is 0.769.